The van der Waals surface area contributed by atoms with Gasteiger partial charge in [0, 0.05) is 13.1 Å². The zero-order chi connectivity index (χ0) is 13.0. The zero-order valence-corrected chi connectivity index (χ0v) is 11.7. The first-order valence-corrected chi connectivity index (χ1v) is 7.29. The van der Waals surface area contributed by atoms with Crippen molar-refractivity contribution in [3.63, 3.8) is 0 Å². The second-order valence-corrected chi connectivity index (χ2v) is 5.44. The maximum absolute atomic E-state index is 6.08. The van der Waals surface area contributed by atoms with Crippen LogP contribution in [0.25, 0.3) is 0 Å². The van der Waals surface area contributed by atoms with Crippen LogP contribution >= 0.6 is 0 Å². The number of aromatic nitrogens is 2. The molecule has 1 fully saturated rings. The first-order valence-electron chi connectivity index (χ1n) is 7.29. The summed E-state index contributed by atoms with van der Waals surface area (Å²) in [6, 6.07) is 0. The van der Waals surface area contributed by atoms with Crippen molar-refractivity contribution in [3.05, 3.63) is 5.69 Å². The van der Waals surface area contributed by atoms with Crippen molar-refractivity contribution in [2.75, 3.05) is 17.6 Å². The summed E-state index contributed by atoms with van der Waals surface area (Å²) < 4.78 is 2.01. The molecule has 1 aromatic heterocycles. The van der Waals surface area contributed by atoms with Gasteiger partial charge in [0.1, 0.15) is 5.82 Å². The third-order valence-electron chi connectivity index (χ3n) is 3.93. The highest BCUT2D eigenvalue weighted by Gasteiger charge is 2.16. The van der Waals surface area contributed by atoms with E-state index < -0.39 is 0 Å². The van der Waals surface area contributed by atoms with Crippen molar-refractivity contribution in [1.29, 1.82) is 0 Å². The Morgan fingerprint density at radius 1 is 1.39 bits per heavy atom. The van der Waals surface area contributed by atoms with Gasteiger partial charge in [0.05, 0.1) is 11.4 Å². The predicted octanol–water partition coefficient (Wildman–Crippen LogP) is 3.18. The van der Waals surface area contributed by atoms with Gasteiger partial charge in [-0.25, -0.2) is 4.68 Å². The predicted molar refractivity (Wildman–Crippen MR) is 76.7 cm³/mol. The van der Waals surface area contributed by atoms with Gasteiger partial charge in [0.25, 0.3) is 0 Å². The minimum absolute atomic E-state index is 0.815. The smallest absolute Gasteiger partial charge is 0.148 e. The molecule has 0 aromatic carbocycles. The van der Waals surface area contributed by atoms with Gasteiger partial charge >= 0.3 is 0 Å². The van der Waals surface area contributed by atoms with Gasteiger partial charge in [-0.2, -0.15) is 5.10 Å². The van der Waals surface area contributed by atoms with Crippen molar-refractivity contribution in [3.8, 4) is 0 Å². The van der Waals surface area contributed by atoms with E-state index in [0.717, 1.165) is 42.6 Å². The van der Waals surface area contributed by atoms with Crippen LogP contribution in [0, 0.1) is 12.8 Å². The summed E-state index contributed by atoms with van der Waals surface area (Å²) in [4.78, 5) is 0. The molecule has 1 aliphatic carbocycles. The molecule has 0 radical (unpaired) electrons. The average Bonchev–Trinajstić information content (AvgIpc) is 2.94. The van der Waals surface area contributed by atoms with Crippen LogP contribution in [0.15, 0.2) is 0 Å². The summed E-state index contributed by atoms with van der Waals surface area (Å²) in [6.07, 6.45) is 7.99. The molecule has 0 unspecified atom stereocenters. The second kappa shape index (κ2) is 6.12. The summed E-state index contributed by atoms with van der Waals surface area (Å²) in [6.45, 7) is 6.09. The number of anilines is 2. The fourth-order valence-electron chi connectivity index (χ4n) is 2.85. The Balaban J connectivity index is 1.90. The number of aryl methyl sites for hydroxylation is 2. The monoisotopic (exact) mass is 250 g/mol. The number of hydrogen-bond donors (Lipinski definition) is 2. The van der Waals surface area contributed by atoms with E-state index in [1.165, 1.54) is 32.1 Å². The van der Waals surface area contributed by atoms with E-state index in [-0.39, 0.29) is 0 Å². The molecule has 18 heavy (non-hydrogen) atoms. The molecule has 0 spiro atoms. The fraction of sp³-hybridized carbons (Fsp3) is 0.786. The van der Waals surface area contributed by atoms with Crippen LogP contribution in [-0.4, -0.2) is 16.3 Å². The van der Waals surface area contributed by atoms with Crippen molar-refractivity contribution >= 4 is 11.5 Å². The van der Waals surface area contributed by atoms with Gasteiger partial charge < -0.3 is 11.1 Å². The summed E-state index contributed by atoms with van der Waals surface area (Å²) in [5.41, 5.74) is 7.83. The van der Waals surface area contributed by atoms with Gasteiger partial charge in [-0.1, -0.05) is 32.6 Å². The summed E-state index contributed by atoms with van der Waals surface area (Å²) in [7, 11) is 0. The minimum atomic E-state index is 0.815. The van der Waals surface area contributed by atoms with E-state index in [4.69, 9.17) is 5.73 Å². The van der Waals surface area contributed by atoms with Crippen LogP contribution in [-0.2, 0) is 6.54 Å². The molecule has 1 aliphatic rings. The van der Waals surface area contributed by atoms with Gasteiger partial charge in [-0.15, -0.1) is 0 Å². The first-order chi connectivity index (χ1) is 8.72. The largest absolute Gasteiger partial charge is 0.394 e. The Hall–Kier alpha value is -1.19. The molecule has 0 bridgehead atoms. The van der Waals surface area contributed by atoms with Crippen molar-refractivity contribution in [2.45, 2.75) is 58.9 Å². The molecule has 2 rings (SSSR count). The number of nitrogens with one attached hydrogen (secondary N) is 1. The lowest BCUT2D eigenvalue weighted by molar-refractivity contribution is 0.516. The molecule has 1 aromatic rings. The highest BCUT2D eigenvalue weighted by atomic mass is 15.3. The standard InChI is InChI=1S/C14H26N4/c1-3-10-18-14(13(15)11(2)17-18)16-9-8-12-6-4-5-7-12/h12,16H,3-10,15H2,1-2H3. The molecule has 102 valence electrons. The van der Waals surface area contributed by atoms with E-state index in [1.807, 2.05) is 11.6 Å². The molecular weight excluding hydrogens is 224 g/mol. The number of nitrogen functional groups attached to an aromatic ring is 1. The summed E-state index contributed by atoms with van der Waals surface area (Å²) >= 11 is 0. The normalized spacial score (nSPS) is 16.3. The highest BCUT2D eigenvalue weighted by Crippen LogP contribution is 2.28. The Bertz CT molecular complexity index is 377. The lowest BCUT2D eigenvalue weighted by Gasteiger charge is -2.12. The van der Waals surface area contributed by atoms with Gasteiger partial charge in [0.2, 0.25) is 0 Å². The first kappa shape index (κ1) is 13.2. The van der Waals surface area contributed by atoms with Crippen molar-refractivity contribution in [1.82, 2.24) is 9.78 Å². The Morgan fingerprint density at radius 3 is 2.78 bits per heavy atom. The van der Waals surface area contributed by atoms with E-state index in [2.05, 4.69) is 17.3 Å². The maximum atomic E-state index is 6.08. The molecule has 0 saturated heterocycles. The minimum Gasteiger partial charge on any atom is -0.394 e. The van der Waals surface area contributed by atoms with E-state index in [9.17, 15) is 0 Å². The van der Waals surface area contributed by atoms with Crippen LogP contribution < -0.4 is 11.1 Å². The summed E-state index contributed by atoms with van der Waals surface area (Å²) in [5, 5.41) is 7.97. The molecule has 0 aliphatic heterocycles. The third kappa shape index (κ3) is 2.98. The lowest BCUT2D eigenvalue weighted by atomic mass is 10.0. The summed E-state index contributed by atoms with van der Waals surface area (Å²) in [5.74, 6) is 1.94. The van der Waals surface area contributed by atoms with Crippen molar-refractivity contribution < 1.29 is 0 Å². The number of nitrogens with two attached hydrogens (primary N) is 1. The van der Waals surface area contributed by atoms with E-state index >= 15 is 0 Å². The van der Waals surface area contributed by atoms with E-state index in [1.54, 1.807) is 0 Å². The van der Waals surface area contributed by atoms with Crippen LogP contribution in [0.4, 0.5) is 11.5 Å². The van der Waals surface area contributed by atoms with Gasteiger partial charge in [-0.05, 0) is 25.7 Å². The number of rotatable bonds is 6. The molecule has 0 atom stereocenters. The molecular formula is C14H26N4. The zero-order valence-electron chi connectivity index (χ0n) is 11.7. The number of nitrogens with zero attached hydrogens (tertiary/aromatic N) is 2. The number of hydrogen-bond acceptors (Lipinski definition) is 3. The Morgan fingerprint density at radius 2 is 2.11 bits per heavy atom. The van der Waals surface area contributed by atoms with E-state index in [0.29, 0.717) is 0 Å². The van der Waals surface area contributed by atoms with Crippen LogP contribution in [0.3, 0.4) is 0 Å². The fourth-order valence-corrected chi connectivity index (χ4v) is 2.85. The van der Waals surface area contributed by atoms with Crippen LogP contribution in [0.2, 0.25) is 0 Å². The molecule has 4 heteroatoms. The average molecular weight is 250 g/mol. The second-order valence-electron chi connectivity index (χ2n) is 5.44. The quantitative estimate of drug-likeness (QED) is 0.815. The van der Waals surface area contributed by atoms with Crippen LogP contribution in [0.5, 0.6) is 0 Å². The molecule has 4 nitrogen and oxygen atoms in total. The molecule has 3 N–H and O–H groups in total. The topological polar surface area (TPSA) is 55.9 Å². The Labute approximate surface area is 110 Å². The maximum Gasteiger partial charge on any atom is 0.148 e. The molecule has 0 amide bonds. The third-order valence-corrected chi connectivity index (χ3v) is 3.93. The van der Waals surface area contributed by atoms with Crippen LogP contribution in [0.1, 0.15) is 51.1 Å². The highest BCUT2D eigenvalue weighted by molar-refractivity contribution is 5.64. The SMILES string of the molecule is CCCn1nc(C)c(N)c1NCCC1CCCC1. The Kier molecular flexibility index (Phi) is 4.50. The van der Waals surface area contributed by atoms with Crippen molar-refractivity contribution in [2.24, 2.45) is 5.92 Å². The molecule has 1 saturated carbocycles. The van der Waals surface area contributed by atoms with Gasteiger partial charge in [-0.3, -0.25) is 0 Å². The lowest BCUT2D eigenvalue weighted by Crippen LogP contribution is -2.12. The van der Waals surface area contributed by atoms with Gasteiger partial charge in [0.15, 0.2) is 0 Å². The molecule has 1 heterocycles.